The molecule has 0 saturated heterocycles. The van der Waals surface area contributed by atoms with E-state index in [1.807, 2.05) is 0 Å². The largest absolute Gasteiger partial charge is 0.472 e. The van der Waals surface area contributed by atoms with Crippen LogP contribution in [0.1, 0.15) is 226 Å². The molecule has 0 bridgehead atoms. The van der Waals surface area contributed by atoms with Gasteiger partial charge in [0.2, 0.25) is 0 Å². The first-order valence-corrected chi connectivity index (χ1v) is 24.2. The molecular formula is C44H88NO7P. The summed E-state index contributed by atoms with van der Waals surface area (Å²) in [6.07, 6.45) is 45.3. The lowest BCUT2D eigenvalue weighted by molar-refractivity contribution is -0.154. The SMILES string of the molecule is CCCCCCCCCC/C=C\CCCCCCCCCCCCCCOCC(COP(=O)(O)OCCN)OC(=O)CCCCCCCCCCCC. The predicted octanol–water partition coefficient (Wildman–Crippen LogP) is 13.5. The van der Waals surface area contributed by atoms with E-state index in [4.69, 9.17) is 24.3 Å². The number of ether oxygens (including phenoxy) is 2. The van der Waals surface area contributed by atoms with Gasteiger partial charge in [-0.05, 0) is 38.5 Å². The van der Waals surface area contributed by atoms with E-state index >= 15 is 0 Å². The highest BCUT2D eigenvalue weighted by molar-refractivity contribution is 7.47. The Morgan fingerprint density at radius 3 is 1.38 bits per heavy atom. The predicted molar refractivity (Wildman–Crippen MR) is 224 cm³/mol. The van der Waals surface area contributed by atoms with Crippen LogP contribution in [0, 0.1) is 0 Å². The van der Waals surface area contributed by atoms with Crippen molar-refractivity contribution < 1.29 is 32.8 Å². The monoisotopic (exact) mass is 774 g/mol. The van der Waals surface area contributed by atoms with Crippen LogP contribution in [0.15, 0.2) is 12.2 Å². The van der Waals surface area contributed by atoms with Crippen molar-refractivity contribution in [3.05, 3.63) is 12.2 Å². The first-order valence-electron chi connectivity index (χ1n) is 22.7. The number of hydrogen-bond acceptors (Lipinski definition) is 7. The molecule has 2 atom stereocenters. The summed E-state index contributed by atoms with van der Waals surface area (Å²) in [7, 11) is -4.27. The third-order valence-electron chi connectivity index (χ3n) is 9.93. The molecule has 316 valence electrons. The summed E-state index contributed by atoms with van der Waals surface area (Å²) < 4.78 is 33.4. The maximum absolute atomic E-state index is 12.5. The van der Waals surface area contributed by atoms with Crippen LogP contribution >= 0.6 is 7.82 Å². The molecule has 0 rings (SSSR count). The molecule has 0 amide bonds. The van der Waals surface area contributed by atoms with Gasteiger partial charge in [-0.3, -0.25) is 13.8 Å². The van der Waals surface area contributed by atoms with E-state index in [2.05, 4.69) is 26.0 Å². The lowest BCUT2D eigenvalue weighted by atomic mass is 10.0. The molecule has 0 aromatic rings. The van der Waals surface area contributed by atoms with Crippen LogP contribution in [0.25, 0.3) is 0 Å². The fourth-order valence-electron chi connectivity index (χ4n) is 6.58. The highest BCUT2D eigenvalue weighted by atomic mass is 31.2. The Bertz CT molecular complexity index is 828. The number of phosphoric ester groups is 1. The van der Waals surface area contributed by atoms with Gasteiger partial charge in [-0.2, -0.15) is 0 Å². The number of phosphoric acid groups is 1. The molecule has 0 fully saturated rings. The maximum Gasteiger partial charge on any atom is 0.472 e. The van der Waals surface area contributed by atoms with E-state index in [1.54, 1.807) is 0 Å². The van der Waals surface area contributed by atoms with Crippen LogP contribution in [-0.4, -0.2) is 49.9 Å². The normalized spacial score (nSPS) is 13.5. The van der Waals surface area contributed by atoms with E-state index in [0.717, 1.165) is 32.1 Å². The second-order valence-corrected chi connectivity index (χ2v) is 16.7. The molecule has 53 heavy (non-hydrogen) atoms. The Morgan fingerprint density at radius 2 is 0.943 bits per heavy atom. The fraction of sp³-hybridized carbons (Fsp3) is 0.932. The number of unbranched alkanes of at least 4 members (excludes halogenated alkanes) is 29. The minimum absolute atomic E-state index is 0.0921. The number of carbonyl (C=O) groups excluding carboxylic acids is 1. The second-order valence-electron chi connectivity index (χ2n) is 15.3. The summed E-state index contributed by atoms with van der Waals surface area (Å²) in [5, 5.41) is 0. The Labute approximate surface area is 328 Å². The summed E-state index contributed by atoms with van der Waals surface area (Å²) in [4.78, 5) is 22.4. The second kappa shape index (κ2) is 42.4. The Hall–Kier alpha value is -0.760. The lowest BCUT2D eigenvalue weighted by Crippen LogP contribution is -2.28. The summed E-state index contributed by atoms with van der Waals surface area (Å²) in [5.74, 6) is -0.329. The van der Waals surface area contributed by atoms with Crippen molar-refractivity contribution in [2.24, 2.45) is 5.73 Å². The van der Waals surface area contributed by atoms with Crippen molar-refractivity contribution in [3.63, 3.8) is 0 Å². The van der Waals surface area contributed by atoms with Crippen molar-refractivity contribution in [1.29, 1.82) is 0 Å². The van der Waals surface area contributed by atoms with Gasteiger partial charge in [0.1, 0.15) is 6.10 Å². The van der Waals surface area contributed by atoms with Gasteiger partial charge >= 0.3 is 13.8 Å². The zero-order valence-electron chi connectivity index (χ0n) is 35.0. The zero-order valence-corrected chi connectivity index (χ0v) is 35.9. The van der Waals surface area contributed by atoms with Crippen molar-refractivity contribution in [2.45, 2.75) is 232 Å². The Balaban J connectivity index is 3.85. The molecule has 0 aliphatic heterocycles. The average Bonchev–Trinajstić information content (AvgIpc) is 3.15. The molecule has 0 saturated carbocycles. The molecule has 0 heterocycles. The number of hydrogen-bond donors (Lipinski definition) is 2. The quantitative estimate of drug-likeness (QED) is 0.0272. The zero-order chi connectivity index (χ0) is 38.8. The van der Waals surface area contributed by atoms with E-state index < -0.39 is 13.9 Å². The smallest absolute Gasteiger partial charge is 0.457 e. The topological polar surface area (TPSA) is 117 Å². The number of carbonyl (C=O) groups is 1. The van der Waals surface area contributed by atoms with E-state index in [1.165, 1.54) is 173 Å². The van der Waals surface area contributed by atoms with Gasteiger partial charge in [0.05, 0.1) is 19.8 Å². The molecule has 3 N–H and O–H groups in total. The fourth-order valence-corrected chi connectivity index (χ4v) is 7.35. The molecular weight excluding hydrogens is 685 g/mol. The number of rotatable bonds is 44. The third-order valence-corrected chi connectivity index (χ3v) is 10.9. The van der Waals surface area contributed by atoms with E-state index in [9.17, 15) is 14.3 Å². The molecule has 0 radical (unpaired) electrons. The summed E-state index contributed by atoms with van der Waals surface area (Å²) in [6, 6.07) is 0. The summed E-state index contributed by atoms with van der Waals surface area (Å²) >= 11 is 0. The van der Waals surface area contributed by atoms with Crippen molar-refractivity contribution in [1.82, 2.24) is 0 Å². The first-order chi connectivity index (χ1) is 25.9. The minimum Gasteiger partial charge on any atom is -0.457 e. The van der Waals surface area contributed by atoms with Gasteiger partial charge in [-0.15, -0.1) is 0 Å². The number of allylic oxidation sites excluding steroid dienone is 2. The average molecular weight is 774 g/mol. The van der Waals surface area contributed by atoms with Gasteiger partial charge < -0.3 is 20.1 Å². The lowest BCUT2D eigenvalue weighted by Gasteiger charge is -2.20. The Morgan fingerprint density at radius 1 is 0.547 bits per heavy atom. The Kier molecular flexibility index (Phi) is 41.8. The summed E-state index contributed by atoms with van der Waals surface area (Å²) in [5.41, 5.74) is 5.36. The molecule has 0 spiro atoms. The van der Waals surface area contributed by atoms with Gasteiger partial charge in [0.15, 0.2) is 0 Å². The van der Waals surface area contributed by atoms with Crippen molar-refractivity contribution >= 4 is 13.8 Å². The van der Waals surface area contributed by atoms with Gasteiger partial charge in [-0.25, -0.2) is 4.57 Å². The number of nitrogens with two attached hydrogens (primary N) is 1. The van der Waals surface area contributed by atoms with Crippen LogP contribution in [0.2, 0.25) is 0 Å². The maximum atomic E-state index is 12.5. The highest BCUT2D eigenvalue weighted by Gasteiger charge is 2.25. The van der Waals surface area contributed by atoms with Crippen molar-refractivity contribution in [3.8, 4) is 0 Å². The molecule has 0 aromatic heterocycles. The molecule has 0 aliphatic carbocycles. The molecule has 0 aromatic carbocycles. The molecule has 2 unspecified atom stereocenters. The molecule has 8 nitrogen and oxygen atoms in total. The van der Waals surface area contributed by atoms with Gasteiger partial charge in [0.25, 0.3) is 0 Å². The number of esters is 1. The third kappa shape index (κ3) is 42.2. The van der Waals surface area contributed by atoms with E-state index in [0.29, 0.717) is 13.0 Å². The van der Waals surface area contributed by atoms with Crippen LogP contribution in [0.5, 0.6) is 0 Å². The minimum atomic E-state index is -4.27. The first kappa shape index (κ1) is 52.2. The molecule has 0 aliphatic rings. The van der Waals surface area contributed by atoms with Crippen LogP contribution in [-0.2, 0) is 27.9 Å². The van der Waals surface area contributed by atoms with Gasteiger partial charge in [0, 0.05) is 19.6 Å². The van der Waals surface area contributed by atoms with Crippen LogP contribution in [0.3, 0.4) is 0 Å². The van der Waals surface area contributed by atoms with Crippen LogP contribution in [0.4, 0.5) is 0 Å². The van der Waals surface area contributed by atoms with Crippen molar-refractivity contribution in [2.75, 3.05) is 33.0 Å². The van der Waals surface area contributed by atoms with E-state index in [-0.39, 0.29) is 32.3 Å². The summed E-state index contributed by atoms with van der Waals surface area (Å²) in [6.45, 7) is 4.95. The standard InChI is InChI=1S/C44H88NO7P/c1-3-5-7-9-11-13-15-16-17-18-19-20-21-22-23-24-25-26-27-28-30-32-34-36-39-49-41-43(42-51-53(47,48)50-40-38-45)52-44(46)37-35-33-31-29-14-12-10-8-6-4-2/h18-19,43H,3-17,20-42,45H2,1-2H3,(H,47,48)/b19-18-. The van der Waals surface area contributed by atoms with Gasteiger partial charge in [-0.1, -0.05) is 193 Å². The van der Waals surface area contributed by atoms with Crippen LogP contribution < -0.4 is 5.73 Å². The highest BCUT2D eigenvalue weighted by Crippen LogP contribution is 2.43. The molecule has 9 heteroatoms.